The first-order valence-electron chi connectivity index (χ1n) is 7.58. The predicted molar refractivity (Wildman–Crippen MR) is 82.5 cm³/mol. The van der Waals surface area contributed by atoms with Gasteiger partial charge in [0.25, 0.3) is 0 Å². The first kappa shape index (κ1) is 18.4. The minimum Gasteiger partial charge on any atom is -0.388 e. The van der Waals surface area contributed by atoms with Crippen LogP contribution in [-0.4, -0.2) is 49.6 Å². The quantitative estimate of drug-likeness (QED) is 0.620. The van der Waals surface area contributed by atoms with Crippen LogP contribution in [-0.2, 0) is 14.6 Å². The summed E-state index contributed by atoms with van der Waals surface area (Å²) in [6.45, 7) is 2.34. The van der Waals surface area contributed by atoms with E-state index in [1.165, 1.54) is 0 Å². The maximum atomic E-state index is 11.8. The number of sulfone groups is 1. The highest BCUT2D eigenvalue weighted by atomic mass is 32.2. The molecule has 0 aromatic rings. The molecular formula is C14H28N2O4S. The van der Waals surface area contributed by atoms with Gasteiger partial charge in [-0.25, -0.2) is 8.42 Å². The van der Waals surface area contributed by atoms with Crippen LogP contribution in [0.15, 0.2) is 0 Å². The molecule has 1 amide bonds. The van der Waals surface area contributed by atoms with Crippen LogP contribution in [0.2, 0.25) is 0 Å². The first-order valence-corrected chi connectivity index (χ1v) is 9.64. The smallest absolute Gasteiger partial charge is 0.237 e. The number of hydrogen-bond acceptors (Lipinski definition) is 5. The minimum atomic E-state index is -3.12. The molecule has 1 aliphatic carbocycles. The first-order chi connectivity index (χ1) is 9.65. The Kier molecular flexibility index (Phi) is 6.62. The lowest BCUT2D eigenvalue weighted by Crippen LogP contribution is -2.49. The van der Waals surface area contributed by atoms with Crippen molar-refractivity contribution in [1.82, 2.24) is 5.32 Å². The van der Waals surface area contributed by atoms with Crippen LogP contribution in [0.25, 0.3) is 0 Å². The summed E-state index contributed by atoms with van der Waals surface area (Å²) in [5, 5.41) is 13.1. The Hall–Kier alpha value is -0.660. The van der Waals surface area contributed by atoms with Gasteiger partial charge in [-0.3, -0.25) is 4.79 Å². The van der Waals surface area contributed by atoms with Gasteiger partial charge in [-0.15, -0.1) is 0 Å². The lowest BCUT2D eigenvalue weighted by molar-refractivity contribution is -0.124. The third-order valence-electron chi connectivity index (χ3n) is 4.34. The number of carbonyl (C=O) groups excluding carboxylic acids is 1. The van der Waals surface area contributed by atoms with Crippen LogP contribution < -0.4 is 11.1 Å². The molecule has 1 saturated carbocycles. The molecule has 4 N–H and O–H groups in total. The van der Waals surface area contributed by atoms with Gasteiger partial charge in [0.2, 0.25) is 5.91 Å². The molecule has 0 aromatic carbocycles. The van der Waals surface area contributed by atoms with Crippen molar-refractivity contribution < 1.29 is 18.3 Å². The summed E-state index contributed by atoms with van der Waals surface area (Å²) >= 11 is 0. The predicted octanol–water partition coefficient (Wildman–Crippen LogP) is 0.196. The van der Waals surface area contributed by atoms with Crippen molar-refractivity contribution in [2.24, 2.45) is 11.7 Å². The molecule has 0 spiro atoms. The summed E-state index contributed by atoms with van der Waals surface area (Å²) in [6.07, 6.45) is 5.66. The number of nitrogens with one attached hydrogen (secondary N) is 1. The zero-order valence-electron chi connectivity index (χ0n) is 13.0. The molecule has 124 valence electrons. The summed E-state index contributed by atoms with van der Waals surface area (Å²) in [5.41, 5.74) is 4.82. The van der Waals surface area contributed by atoms with E-state index in [-0.39, 0.29) is 18.7 Å². The van der Waals surface area contributed by atoms with Crippen molar-refractivity contribution in [3.05, 3.63) is 0 Å². The summed E-state index contributed by atoms with van der Waals surface area (Å²) in [4.78, 5) is 11.8. The fourth-order valence-corrected chi connectivity index (χ4v) is 3.34. The van der Waals surface area contributed by atoms with Gasteiger partial charge >= 0.3 is 0 Å². The van der Waals surface area contributed by atoms with Gasteiger partial charge in [-0.05, 0) is 38.0 Å². The average molecular weight is 320 g/mol. The Morgan fingerprint density at radius 2 is 2.00 bits per heavy atom. The second-order valence-electron chi connectivity index (χ2n) is 6.32. The third kappa shape index (κ3) is 6.76. The average Bonchev–Trinajstić information content (AvgIpc) is 2.42. The normalized spacial score (nSPS) is 28.1. The SMILES string of the molecule is CCC1CCC(O)(CNC(=O)C(N)CCS(C)(=O)=O)CC1. The molecule has 0 heterocycles. The van der Waals surface area contributed by atoms with E-state index in [4.69, 9.17) is 5.73 Å². The standard InChI is InChI=1S/C14H28N2O4S/c1-3-11-4-7-14(18,8-5-11)10-16-13(17)12(15)6-9-21(2,19)20/h11-12,18H,3-10,15H2,1-2H3,(H,16,17). The number of rotatable bonds is 7. The molecule has 1 rings (SSSR count). The van der Waals surface area contributed by atoms with Gasteiger partial charge in [0, 0.05) is 12.8 Å². The largest absolute Gasteiger partial charge is 0.388 e. The van der Waals surface area contributed by atoms with Crippen LogP contribution >= 0.6 is 0 Å². The van der Waals surface area contributed by atoms with Gasteiger partial charge < -0.3 is 16.2 Å². The van der Waals surface area contributed by atoms with Crippen molar-refractivity contribution in [3.63, 3.8) is 0 Å². The van der Waals surface area contributed by atoms with E-state index in [2.05, 4.69) is 12.2 Å². The second-order valence-corrected chi connectivity index (χ2v) is 8.58. The van der Waals surface area contributed by atoms with E-state index in [0.717, 1.165) is 25.5 Å². The van der Waals surface area contributed by atoms with Crippen molar-refractivity contribution in [2.45, 2.75) is 57.1 Å². The number of hydrogen-bond donors (Lipinski definition) is 3. The van der Waals surface area contributed by atoms with E-state index >= 15 is 0 Å². The van der Waals surface area contributed by atoms with E-state index in [1.54, 1.807) is 0 Å². The lowest BCUT2D eigenvalue weighted by atomic mass is 9.78. The molecule has 7 heteroatoms. The number of carbonyl (C=O) groups is 1. The van der Waals surface area contributed by atoms with Gasteiger partial charge in [0.05, 0.1) is 17.4 Å². The molecule has 1 fully saturated rings. The second kappa shape index (κ2) is 7.56. The van der Waals surface area contributed by atoms with E-state index in [9.17, 15) is 18.3 Å². The molecule has 1 unspecified atom stereocenters. The summed E-state index contributed by atoms with van der Waals surface area (Å²) in [5.74, 6) is 0.159. The van der Waals surface area contributed by atoms with Crippen molar-refractivity contribution in [3.8, 4) is 0 Å². The molecule has 6 nitrogen and oxygen atoms in total. The van der Waals surface area contributed by atoms with Crippen LogP contribution in [0.1, 0.15) is 45.4 Å². The molecule has 21 heavy (non-hydrogen) atoms. The molecule has 0 aliphatic heterocycles. The molecule has 0 radical (unpaired) electrons. The maximum absolute atomic E-state index is 11.8. The molecular weight excluding hydrogens is 292 g/mol. The fourth-order valence-electron chi connectivity index (χ4n) is 2.65. The monoisotopic (exact) mass is 320 g/mol. The van der Waals surface area contributed by atoms with Crippen LogP contribution in [0.3, 0.4) is 0 Å². The lowest BCUT2D eigenvalue weighted by Gasteiger charge is -2.36. The van der Waals surface area contributed by atoms with E-state index in [1.807, 2.05) is 0 Å². The molecule has 0 bridgehead atoms. The molecule has 1 aliphatic rings. The molecule has 0 saturated heterocycles. The summed E-state index contributed by atoms with van der Waals surface area (Å²) in [6, 6.07) is -0.852. The van der Waals surface area contributed by atoms with Crippen LogP contribution in [0, 0.1) is 5.92 Å². The Morgan fingerprint density at radius 1 is 1.43 bits per heavy atom. The number of aliphatic hydroxyl groups is 1. The Bertz CT molecular complexity index is 442. The topological polar surface area (TPSA) is 109 Å². The van der Waals surface area contributed by atoms with Crippen LogP contribution in [0.5, 0.6) is 0 Å². The molecule has 0 aromatic heterocycles. The van der Waals surface area contributed by atoms with Gasteiger partial charge in [0.1, 0.15) is 9.84 Å². The Labute approximate surface area is 127 Å². The summed E-state index contributed by atoms with van der Waals surface area (Å²) in [7, 11) is -3.12. The van der Waals surface area contributed by atoms with Crippen molar-refractivity contribution in [1.29, 1.82) is 0 Å². The minimum absolute atomic E-state index is 0.0982. The van der Waals surface area contributed by atoms with E-state index in [0.29, 0.717) is 18.8 Å². The van der Waals surface area contributed by atoms with Crippen molar-refractivity contribution >= 4 is 15.7 Å². The van der Waals surface area contributed by atoms with Crippen molar-refractivity contribution in [2.75, 3.05) is 18.6 Å². The summed E-state index contributed by atoms with van der Waals surface area (Å²) < 4.78 is 22.1. The highest BCUT2D eigenvalue weighted by Crippen LogP contribution is 2.33. The Morgan fingerprint density at radius 3 is 2.48 bits per heavy atom. The maximum Gasteiger partial charge on any atom is 0.237 e. The fraction of sp³-hybridized carbons (Fsp3) is 0.929. The highest BCUT2D eigenvalue weighted by Gasteiger charge is 2.33. The van der Waals surface area contributed by atoms with E-state index < -0.39 is 27.4 Å². The highest BCUT2D eigenvalue weighted by molar-refractivity contribution is 7.90. The van der Waals surface area contributed by atoms with Gasteiger partial charge in [-0.1, -0.05) is 13.3 Å². The number of amides is 1. The van der Waals surface area contributed by atoms with Gasteiger partial charge in [-0.2, -0.15) is 0 Å². The zero-order valence-corrected chi connectivity index (χ0v) is 13.8. The Balaban J connectivity index is 2.35. The third-order valence-corrected chi connectivity index (χ3v) is 5.32. The van der Waals surface area contributed by atoms with Gasteiger partial charge in [0.15, 0.2) is 0 Å². The molecule has 1 atom stereocenters. The zero-order chi connectivity index (χ0) is 16.1. The van der Waals surface area contributed by atoms with Crippen LogP contribution in [0.4, 0.5) is 0 Å². The number of nitrogens with two attached hydrogens (primary N) is 1.